The molecule has 0 fully saturated rings. The fraction of sp³-hybridized carbons (Fsp3) is 0.312. The quantitative estimate of drug-likeness (QED) is 0.861. The van der Waals surface area contributed by atoms with Gasteiger partial charge in [-0.15, -0.1) is 11.3 Å². The van der Waals surface area contributed by atoms with Crippen LogP contribution in [-0.4, -0.2) is 17.4 Å². The Morgan fingerprint density at radius 3 is 3.05 bits per heavy atom. The molecule has 1 unspecified atom stereocenters. The Hall–Kier alpha value is -1.88. The van der Waals surface area contributed by atoms with Crippen molar-refractivity contribution >= 4 is 22.9 Å². The molecule has 1 aliphatic rings. The van der Waals surface area contributed by atoms with Crippen LogP contribution in [-0.2, 0) is 6.42 Å². The summed E-state index contributed by atoms with van der Waals surface area (Å²) in [7, 11) is 0. The maximum Gasteiger partial charge on any atom is 0.256 e. The van der Waals surface area contributed by atoms with Crippen LogP contribution < -0.4 is 5.73 Å². The highest BCUT2D eigenvalue weighted by Gasteiger charge is 2.31. The Bertz CT molecular complexity index is 683. The predicted molar refractivity (Wildman–Crippen MR) is 82.9 cm³/mol. The first-order valence-corrected chi connectivity index (χ1v) is 7.92. The number of halogens is 1. The van der Waals surface area contributed by atoms with E-state index in [1.54, 1.807) is 11.3 Å². The first-order chi connectivity index (χ1) is 10.1. The number of fused-ring (bicyclic) bond motifs is 1. The topological polar surface area (TPSA) is 46.3 Å². The zero-order chi connectivity index (χ0) is 15.0. The Balaban J connectivity index is 1.96. The number of thiophene rings is 1. The third-order valence-corrected chi connectivity index (χ3v) is 4.98. The Morgan fingerprint density at radius 1 is 1.48 bits per heavy atom. The van der Waals surface area contributed by atoms with Crippen LogP contribution in [0.4, 0.5) is 10.1 Å². The minimum atomic E-state index is -0.436. The van der Waals surface area contributed by atoms with E-state index in [1.165, 1.54) is 28.6 Å². The summed E-state index contributed by atoms with van der Waals surface area (Å²) < 4.78 is 13.4. The third-order valence-electron chi connectivity index (χ3n) is 3.99. The molecule has 3 nitrogen and oxygen atoms in total. The van der Waals surface area contributed by atoms with Crippen molar-refractivity contribution in [1.29, 1.82) is 0 Å². The molecule has 1 aliphatic heterocycles. The van der Waals surface area contributed by atoms with Crippen LogP contribution in [0.5, 0.6) is 0 Å². The summed E-state index contributed by atoms with van der Waals surface area (Å²) in [5.41, 5.74) is 7.65. The lowest BCUT2D eigenvalue weighted by atomic mass is 9.96. The van der Waals surface area contributed by atoms with Gasteiger partial charge in [0.25, 0.3) is 5.91 Å². The van der Waals surface area contributed by atoms with Crippen LogP contribution in [0.1, 0.15) is 40.2 Å². The van der Waals surface area contributed by atoms with Crippen molar-refractivity contribution in [1.82, 2.24) is 4.90 Å². The molecule has 0 bridgehead atoms. The van der Waals surface area contributed by atoms with Gasteiger partial charge in [-0.05, 0) is 48.1 Å². The smallest absolute Gasteiger partial charge is 0.256 e. The van der Waals surface area contributed by atoms with Crippen LogP contribution in [0.15, 0.2) is 29.6 Å². The van der Waals surface area contributed by atoms with Gasteiger partial charge in [0.1, 0.15) is 5.82 Å². The van der Waals surface area contributed by atoms with E-state index in [2.05, 4.69) is 18.4 Å². The van der Waals surface area contributed by atoms with Crippen molar-refractivity contribution in [3.8, 4) is 0 Å². The number of hydrogen-bond acceptors (Lipinski definition) is 3. The molecular weight excluding hydrogens is 287 g/mol. The van der Waals surface area contributed by atoms with Gasteiger partial charge in [0.15, 0.2) is 0 Å². The standard InChI is InChI=1S/C16H17FN2OS/c1-2-14-11-6-8-21-15(11)5-7-19(14)16(20)12-9-10(17)3-4-13(12)18/h3-4,6,8-9,14H,2,5,7,18H2,1H3. The molecular formula is C16H17FN2OS. The number of rotatable bonds is 2. The molecule has 2 heterocycles. The van der Waals surface area contributed by atoms with Crippen LogP contribution in [0.25, 0.3) is 0 Å². The van der Waals surface area contributed by atoms with E-state index in [0.29, 0.717) is 12.2 Å². The molecule has 2 N–H and O–H groups in total. The zero-order valence-corrected chi connectivity index (χ0v) is 12.6. The molecule has 2 aromatic rings. The van der Waals surface area contributed by atoms with Gasteiger partial charge in [0.05, 0.1) is 11.6 Å². The normalized spacial score (nSPS) is 17.6. The van der Waals surface area contributed by atoms with E-state index in [9.17, 15) is 9.18 Å². The lowest BCUT2D eigenvalue weighted by molar-refractivity contribution is 0.0658. The van der Waals surface area contributed by atoms with Crippen LogP contribution in [0, 0.1) is 5.82 Å². The van der Waals surface area contributed by atoms with Gasteiger partial charge in [-0.1, -0.05) is 6.92 Å². The molecule has 3 rings (SSSR count). The summed E-state index contributed by atoms with van der Waals surface area (Å²) in [6, 6.07) is 6.09. The van der Waals surface area contributed by atoms with Gasteiger partial charge in [0, 0.05) is 17.1 Å². The number of amides is 1. The first kappa shape index (κ1) is 14.1. The Kier molecular flexibility index (Phi) is 3.68. The minimum absolute atomic E-state index is 0.0511. The van der Waals surface area contributed by atoms with Crippen molar-refractivity contribution in [2.24, 2.45) is 0 Å². The van der Waals surface area contributed by atoms with Crippen molar-refractivity contribution in [3.63, 3.8) is 0 Å². The number of carbonyl (C=O) groups excluding carboxylic acids is 1. The number of nitrogens with zero attached hydrogens (tertiary/aromatic N) is 1. The lowest BCUT2D eigenvalue weighted by Crippen LogP contribution is -2.39. The Morgan fingerprint density at radius 2 is 2.29 bits per heavy atom. The molecule has 0 aliphatic carbocycles. The second kappa shape index (κ2) is 5.48. The lowest BCUT2D eigenvalue weighted by Gasteiger charge is -2.35. The SMILES string of the molecule is CCC1c2ccsc2CCN1C(=O)c1cc(F)ccc1N. The van der Waals surface area contributed by atoms with E-state index in [0.717, 1.165) is 12.8 Å². The number of nitrogen functional groups attached to an aromatic ring is 1. The number of benzene rings is 1. The summed E-state index contributed by atoms with van der Waals surface area (Å²) in [5.74, 6) is -0.621. The molecule has 0 saturated carbocycles. The van der Waals surface area contributed by atoms with E-state index in [4.69, 9.17) is 5.73 Å². The fourth-order valence-corrected chi connectivity index (χ4v) is 3.88. The van der Waals surface area contributed by atoms with Gasteiger partial charge in [-0.25, -0.2) is 4.39 Å². The van der Waals surface area contributed by atoms with Crippen molar-refractivity contribution < 1.29 is 9.18 Å². The van der Waals surface area contributed by atoms with E-state index in [1.807, 2.05) is 4.90 Å². The highest BCUT2D eigenvalue weighted by molar-refractivity contribution is 7.10. The summed E-state index contributed by atoms with van der Waals surface area (Å²) >= 11 is 1.74. The molecule has 21 heavy (non-hydrogen) atoms. The summed E-state index contributed by atoms with van der Waals surface area (Å²) in [6.07, 6.45) is 1.69. The summed E-state index contributed by atoms with van der Waals surface area (Å²) in [6.45, 7) is 2.72. The third kappa shape index (κ3) is 2.42. The largest absolute Gasteiger partial charge is 0.398 e. The second-order valence-electron chi connectivity index (χ2n) is 5.20. The molecule has 0 saturated heterocycles. The Labute approximate surface area is 127 Å². The summed E-state index contributed by atoms with van der Waals surface area (Å²) in [4.78, 5) is 15.9. The highest BCUT2D eigenvalue weighted by atomic mass is 32.1. The van der Waals surface area contributed by atoms with Gasteiger partial charge < -0.3 is 10.6 Å². The average Bonchev–Trinajstić information content (AvgIpc) is 2.96. The van der Waals surface area contributed by atoms with E-state index < -0.39 is 5.82 Å². The number of anilines is 1. The number of nitrogens with two attached hydrogens (primary N) is 1. The molecule has 5 heteroatoms. The van der Waals surface area contributed by atoms with Gasteiger partial charge in [-0.3, -0.25) is 4.79 Å². The number of carbonyl (C=O) groups is 1. The second-order valence-corrected chi connectivity index (χ2v) is 6.20. The summed E-state index contributed by atoms with van der Waals surface area (Å²) in [5, 5.41) is 2.07. The molecule has 1 amide bonds. The monoisotopic (exact) mass is 304 g/mol. The average molecular weight is 304 g/mol. The van der Waals surface area contributed by atoms with Crippen molar-refractivity contribution in [3.05, 3.63) is 51.5 Å². The van der Waals surface area contributed by atoms with Crippen LogP contribution in [0.3, 0.4) is 0 Å². The van der Waals surface area contributed by atoms with E-state index in [-0.39, 0.29) is 17.5 Å². The van der Waals surface area contributed by atoms with Crippen molar-refractivity contribution in [2.75, 3.05) is 12.3 Å². The molecule has 0 radical (unpaired) electrons. The van der Waals surface area contributed by atoms with Crippen LogP contribution >= 0.6 is 11.3 Å². The van der Waals surface area contributed by atoms with Crippen LogP contribution in [0.2, 0.25) is 0 Å². The van der Waals surface area contributed by atoms with E-state index >= 15 is 0 Å². The first-order valence-electron chi connectivity index (χ1n) is 7.04. The maximum absolute atomic E-state index is 13.4. The molecule has 1 atom stereocenters. The van der Waals surface area contributed by atoms with Gasteiger partial charge in [0.2, 0.25) is 0 Å². The molecule has 1 aromatic carbocycles. The molecule has 110 valence electrons. The zero-order valence-electron chi connectivity index (χ0n) is 11.8. The molecule has 0 spiro atoms. The minimum Gasteiger partial charge on any atom is -0.398 e. The predicted octanol–water partition coefficient (Wildman–Crippen LogP) is 3.62. The highest BCUT2D eigenvalue weighted by Crippen LogP contribution is 2.36. The number of hydrogen-bond donors (Lipinski definition) is 1. The molecule has 1 aromatic heterocycles. The fourth-order valence-electron chi connectivity index (χ4n) is 2.95. The van der Waals surface area contributed by atoms with Gasteiger partial charge >= 0.3 is 0 Å². The maximum atomic E-state index is 13.4. The van der Waals surface area contributed by atoms with Gasteiger partial charge in [-0.2, -0.15) is 0 Å². The van der Waals surface area contributed by atoms with Crippen molar-refractivity contribution in [2.45, 2.75) is 25.8 Å².